The lowest BCUT2D eigenvalue weighted by Gasteiger charge is -2.10. The Balaban J connectivity index is 2.16. The number of hydrogen-bond acceptors (Lipinski definition) is 4. The third kappa shape index (κ3) is 2.83. The number of thioether (sulfide) groups is 1. The summed E-state index contributed by atoms with van der Waals surface area (Å²) < 4.78 is 2.09. The van der Waals surface area contributed by atoms with Crippen molar-refractivity contribution in [2.24, 2.45) is 0 Å². The van der Waals surface area contributed by atoms with Crippen LogP contribution < -0.4 is 0 Å². The fourth-order valence-electron chi connectivity index (χ4n) is 2.10. The second-order valence-electron chi connectivity index (χ2n) is 4.65. The normalized spacial score (nSPS) is 10.8. The first-order valence-electron chi connectivity index (χ1n) is 6.85. The first-order chi connectivity index (χ1) is 10.3. The van der Waals surface area contributed by atoms with Gasteiger partial charge in [-0.15, -0.1) is 10.2 Å². The van der Waals surface area contributed by atoms with Gasteiger partial charge in [-0.2, -0.15) is 0 Å². The lowest BCUT2D eigenvalue weighted by Crippen LogP contribution is -2.00. The van der Waals surface area contributed by atoms with Gasteiger partial charge in [-0.3, -0.25) is 9.55 Å². The smallest absolute Gasteiger partial charge is 0.196 e. The second-order valence-corrected chi connectivity index (χ2v) is 5.88. The Morgan fingerprint density at radius 2 is 1.90 bits per heavy atom. The minimum absolute atomic E-state index is 0.822. The molecule has 0 amide bonds. The predicted molar refractivity (Wildman–Crippen MR) is 85.7 cm³/mol. The van der Waals surface area contributed by atoms with Crippen LogP contribution in [0.2, 0.25) is 0 Å². The molecule has 0 spiro atoms. The molecule has 3 rings (SSSR count). The summed E-state index contributed by atoms with van der Waals surface area (Å²) in [6.07, 6.45) is 3.58. The molecular formula is C16H16N4S. The van der Waals surface area contributed by atoms with Crippen molar-refractivity contribution in [2.75, 3.05) is 5.75 Å². The van der Waals surface area contributed by atoms with Crippen molar-refractivity contribution < 1.29 is 0 Å². The number of aromatic nitrogens is 4. The predicted octanol–water partition coefficient (Wildman–Crippen LogP) is 3.75. The zero-order valence-electron chi connectivity index (χ0n) is 12.0. The van der Waals surface area contributed by atoms with Gasteiger partial charge < -0.3 is 0 Å². The van der Waals surface area contributed by atoms with E-state index in [1.54, 1.807) is 18.0 Å². The van der Waals surface area contributed by atoms with Crippen LogP contribution in [0.25, 0.3) is 17.1 Å². The standard InChI is InChI=1S/C16H16N4S/c1-3-21-16-19-18-15(13-5-4-10-17-11-13)20(16)14-8-6-12(2)7-9-14/h4-11H,3H2,1-2H3. The lowest BCUT2D eigenvalue weighted by molar-refractivity contribution is 0.886. The molecule has 21 heavy (non-hydrogen) atoms. The number of rotatable bonds is 4. The molecule has 0 aliphatic heterocycles. The van der Waals surface area contributed by atoms with Crippen molar-refractivity contribution in [2.45, 2.75) is 19.0 Å². The van der Waals surface area contributed by atoms with Crippen LogP contribution in [-0.4, -0.2) is 25.5 Å². The van der Waals surface area contributed by atoms with Gasteiger partial charge in [-0.1, -0.05) is 36.4 Å². The zero-order chi connectivity index (χ0) is 14.7. The van der Waals surface area contributed by atoms with Crippen molar-refractivity contribution in [3.05, 3.63) is 54.4 Å². The van der Waals surface area contributed by atoms with E-state index >= 15 is 0 Å². The van der Waals surface area contributed by atoms with Crippen LogP contribution in [0.4, 0.5) is 0 Å². The van der Waals surface area contributed by atoms with Crippen LogP contribution in [0.3, 0.4) is 0 Å². The van der Waals surface area contributed by atoms with Gasteiger partial charge in [0.15, 0.2) is 11.0 Å². The number of benzene rings is 1. The zero-order valence-corrected chi connectivity index (χ0v) is 12.8. The lowest BCUT2D eigenvalue weighted by atomic mass is 10.2. The maximum absolute atomic E-state index is 4.36. The molecule has 0 unspecified atom stereocenters. The molecule has 4 nitrogen and oxygen atoms in total. The van der Waals surface area contributed by atoms with Crippen LogP contribution in [0, 0.1) is 6.92 Å². The molecule has 2 aromatic heterocycles. The Morgan fingerprint density at radius 1 is 1.10 bits per heavy atom. The van der Waals surface area contributed by atoms with E-state index in [0.717, 1.165) is 28.0 Å². The van der Waals surface area contributed by atoms with Crippen LogP contribution in [0.15, 0.2) is 53.9 Å². The van der Waals surface area contributed by atoms with E-state index < -0.39 is 0 Å². The highest BCUT2D eigenvalue weighted by Gasteiger charge is 2.15. The van der Waals surface area contributed by atoms with Crippen LogP contribution >= 0.6 is 11.8 Å². The maximum atomic E-state index is 4.36. The molecule has 0 fully saturated rings. The molecule has 0 saturated carbocycles. The van der Waals surface area contributed by atoms with Crippen molar-refractivity contribution in [3.63, 3.8) is 0 Å². The van der Waals surface area contributed by atoms with E-state index in [4.69, 9.17) is 0 Å². The molecule has 0 atom stereocenters. The Hall–Kier alpha value is -2.14. The molecule has 2 heterocycles. The molecule has 3 aromatic rings. The van der Waals surface area contributed by atoms with E-state index in [-0.39, 0.29) is 0 Å². The highest BCUT2D eigenvalue weighted by atomic mass is 32.2. The molecule has 0 saturated heterocycles. The molecule has 0 N–H and O–H groups in total. The topological polar surface area (TPSA) is 43.6 Å². The van der Waals surface area contributed by atoms with Gasteiger partial charge in [0.2, 0.25) is 0 Å². The van der Waals surface area contributed by atoms with Gasteiger partial charge in [0, 0.05) is 23.6 Å². The van der Waals surface area contributed by atoms with Crippen molar-refractivity contribution in [1.29, 1.82) is 0 Å². The second kappa shape index (κ2) is 6.10. The fourth-order valence-corrected chi connectivity index (χ4v) is 2.78. The minimum atomic E-state index is 0.822. The molecule has 0 radical (unpaired) electrons. The van der Waals surface area contributed by atoms with Crippen LogP contribution in [0.1, 0.15) is 12.5 Å². The first kappa shape index (κ1) is 13.8. The van der Waals surface area contributed by atoms with Gasteiger partial charge in [-0.25, -0.2) is 0 Å². The Kier molecular flexibility index (Phi) is 4.01. The summed E-state index contributed by atoms with van der Waals surface area (Å²) in [5.41, 5.74) is 3.27. The maximum Gasteiger partial charge on any atom is 0.196 e. The van der Waals surface area contributed by atoms with Gasteiger partial charge in [-0.05, 0) is 36.9 Å². The molecule has 1 aromatic carbocycles. The van der Waals surface area contributed by atoms with E-state index in [1.807, 2.05) is 18.3 Å². The van der Waals surface area contributed by atoms with Crippen molar-refractivity contribution in [1.82, 2.24) is 19.7 Å². The number of pyridine rings is 1. The van der Waals surface area contributed by atoms with E-state index in [9.17, 15) is 0 Å². The summed E-state index contributed by atoms with van der Waals surface area (Å²) in [7, 11) is 0. The highest BCUT2D eigenvalue weighted by Crippen LogP contribution is 2.27. The molecular weight excluding hydrogens is 280 g/mol. The largest absolute Gasteiger partial charge is 0.270 e. The molecule has 5 heteroatoms. The average molecular weight is 296 g/mol. The Labute approximate surface area is 128 Å². The average Bonchev–Trinajstić information content (AvgIpc) is 2.93. The quantitative estimate of drug-likeness (QED) is 0.688. The van der Waals surface area contributed by atoms with Crippen LogP contribution in [-0.2, 0) is 0 Å². The summed E-state index contributed by atoms with van der Waals surface area (Å²) in [6.45, 7) is 4.20. The van der Waals surface area contributed by atoms with Gasteiger partial charge in [0.1, 0.15) is 0 Å². The van der Waals surface area contributed by atoms with Gasteiger partial charge in [0.25, 0.3) is 0 Å². The SMILES string of the molecule is CCSc1nnc(-c2cccnc2)n1-c1ccc(C)cc1. The summed E-state index contributed by atoms with van der Waals surface area (Å²) in [5, 5.41) is 9.59. The van der Waals surface area contributed by atoms with Crippen molar-refractivity contribution in [3.8, 4) is 17.1 Å². The number of hydrogen-bond donors (Lipinski definition) is 0. The Bertz CT molecular complexity index is 720. The van der Waals surface area contributed by atoms with Gasteiger partial charge in [0.05, 0.1) is 0 Å². The van der Waals surface area contributed by atoms with Crippen LogP contribution in [0.5, 0.6) is 0 Å². The third-order valence-corrected chi connectivity index (χ3v) is 3.93. The molecule has 106 valence electrons. The highest BCUT2D eigenvalue weighted by molar-refractivity contribution is 7.99. The summed E-state index contributed by atoms with van der Waals surface area (Å²) in [6, 6.07) is 12.3. The monoisotopic (exact) mass is 296 g/mol. The number of nitrogens with zero attached hydrogens (tertiary/aromatic N) is 4. The number of aryl methyl sites for hydroxylation is 1. The molecule has 0 aliphatic rings. The first-order valence-corrected chi connectivity index (χ1v) is 7.84. The summed E-state index contributed by atoms with van der Waals surface area (Å²) in [5.74, 6) is 1.78. The summed E-state index contributed by atoms with van der Waals surface area (Å²) in [4.78, 5) is 4.18. The summed E-state index contributed by atoms with van der Waals surface area (Å²) >= 11 is 1.69. The molecule has 0 aliphatic carbocycles. The van der Waals surface area contributed by atoms with E-state index in [2.05, 4.69) is 57.9 Å². The van der Waals surface area contributed by atoms with Gasteiger partial charge >= 0.3 is 0 Å². The fraction of sp³-hybridized carbons (Fsp3) is 0.188. The van der Waals surface area contributed by atoms with E-state index in [1.165, 1.54) is 5.56 Å². The van der Waals surface area contributed by atoms with Crippen molar-refractivity contribution >= 4 is 11.8 Å². The third-order valence-electron chi connectivity index (χ3n) is 3.12. The minimum Gasteiger partial charge on any atom is -0.270 e. The Morgan fingerprint density at radius 3 is 2.57 bits per heavy atom. The molecule has 0 bridgehead atoms. The van der Waals surface area contributed by atoms with E-state index in [0.29, 0.717) is 0 Å².